The Balaban J connectivity index is 1.47. The van der Waals surface area contributed by atoms with E-state index in [2.05, 4.69) is 4.90 Å². The molecule has 6 N–H and O–H groups in total. The Morgan fingerprint density at radius 2 is 1.76 bits per heavy atom. The van der Waals surface area contributed by atoms with Crippen molar-refractivity contribution in [2.45, 2.75) is 44.0 Å². The van der Waals surface area contributed by atoms with Crippen LogP contribution in [0.3, 0.4) is 0 Å². The lowest BCUT2D eigenvalue weighted by Gasteiger charge is -2.50. The highest BCUT2D eigenvalue weighted by molar-refractivity contribution is 6.25. The van der Waals surface area contributed by atoms with Crippen LogP contribution >= 0.6 is 0 Å². The van der Waals surface area contributed by atoms with Crippen LogP contribution in [-0.2, 0) is 22.6 Å². The Bertz CT molecular complexity index is 1450. The number of aromatic hydroxyl groups is 1. The van der Waals surface area contributed by atoms with Crippen LogP contribution in [0, 0.1) is 23.7 Å². The van der Waals surface area contributed by atoms with E-state index < -0.39 is 57.9 Å². The summed E-state index contributed by atoms with van der Waals surface area (Å²) in [5, 5.41) is 45.9. The number of phenols is 1. The number of nitrogens with zero attached hydrogens (tertiary/aromatic N) is 3. The number of Topliss-reactive ketones (excluding diaryl/α,β-unsaturated/α-hetero) is 3. The lowest BCUT2D eigenvalue weighted by Crippen LogP contribution is -2.63. The number of ketones is 3. The summed E-state index contributed by atoms with van der Waals surface area (Å²) >= 11 is 0. The first-order chi connectivity index (χ1) is 19.2. The summed E-state index contributed by atoms with van der Waals surface area (Å²) in [5.74, 6) is -4.62. The summed E-state index contributed by atoms with van der Waals surface area (Å²) in [5.41, 5.74) is 4.85. The molecule has 1 aromatic carbocycles. The molecule has 6 atom stereocenters. The van der Waals surface area contributed by atoms with E-state index in [1.165, 1.54) is 0 Å². The fraction of sp³-hybridized carbons (Fsp3) is 0.567. The molecule has 4 aliphatic carbocycles. The van der Waals surface area contributed by atoms with Gasteiger partial charge in [0, 0.05) is 62.5 Å². The summed E-state index contributed by atoms with van der Waals surface area (Å²) in [7, 11) is 7.02. The van der Waals surface area contributed by atoms with Crippen molar-refractivity contribution in [3.63, 3.8) is 0 Å². The van der Waals surface area contributed by atoms with Crippen LogP contribution in [0.4, 0.5) is 5.69 Å². The zero-order valence-electron chi connectivity index (χ0n) is 24.0. The van der Waals surface area contributed by atoms with E-state index in [0.29, 0.717) is 29.5 Å². The molecule has 1 aliphatic heterocycles. The van der Waals surface area contributed by atoms with Crippen molar-refractivity contribution in [3.8, 4) is 5.75 Å². The van der Waals surface area contributed by atoms with E-state index in [1.807, 2.05) is 25.1 Å². The van der Waals surface area contributed by atoms with Crippen molar-refractivity contribution in [3.05, 3.63) is 45.4 Å². The standard InChI is InChI=1S/C30H38N4O7/c1-12(35)20-27(38)24(33(4)5)18-7-13-6-15-19(32(2)3)8-14(9-34-10-16-17(11-34)23(16)31)25(36)22(15)26(37)21(13)29(40)30(18,41)28(20)39/h8,13,16-18,23-24,36,38,40-41H,6-7,9-11,31H2,1-5H3/t13-,16?,17?,18-,23?,24-,30+/m0/s1. The largest absolute Gasteiger partial charge is 0.510 e. The predicted octanol–water partition coefficient (Wildman–Crippen LogP) is 0.679. The van der Waals surface area contributed by atoms with Crippen LogP contribution in [0.25, 0.3) is 0 Å². The Labute approximate surface area is 238 Å². The van der Waals surface area contributed by atoms with Gasteiger partial charge in [-0.3, -0.25) is 24.2 Å². The number of carbonyl (C=O) groups is 3. The van der Waals surface area contributed by atoms with Gasteiger partial charge in [-0.1, -0.05) is 0 Å². The van der Waals surface area contributed by atoms with Crippen molar-refractivity contribution in [2.75, 3.05) is 46.2 Å². The second kappa shape index (κ2) is 9.12. The maximum Gasteiger partial charge on any atom is 0.209 e. The van der Waals surface area contributed by atoms with Crippen molar-refractivity contribution < 1.29 is 34.8 Å². The van der Waals surface area contributed by atoms with E-state index in [-0.39, 0.29) is 35.8 Å². The zero-order chi connectivity index (χ0) is 29.9. The number of aliphatic hydroxyl groups is 3. The number of carbonyl (C=O) groups excluding carboxylic acids is 3. The van der Waals surface area contributed by atoms with E-state index in [0.717, 1.165) is 25.7 Å². The molecule has 0 radical (unpaired) electrons. The van der Waals surface area contributed by atoms with Gasteiger partial charge in [0.1, 0.15) is 22.8 Å². The van der Waals surface area contributed by atoms with Crippen molar-refractivity contribution >= 4 is 23.0 Å². The summed E-state index contributed by atoms with van der Waals surface area (Å²) in [4.78, 5) is 45.8. The number of allylic oxidation sites excluding steroid dienone is 1. The quantitative estimate of drug-likeness (QED) is 0.318. The molecule has 2 fully saturated rings. The number of likely N-dealkylation sites (N-methyl/N-ethyl adjacent to an activating group) is 1. The lowest BCUT2D eigenvalue weighted by molar-refractivity contribution is -0.148. The van der Waals surface area contributed by atoms with Gasteiger partial charge in [0.2, 0.25) is 5.78 Å². The number of nitrogens with two attached hydrogens (primary N) is 1. The molecule has 11 nitrogen and oxygen atoms in total. The second-order valence-electron chi connectivity index (χ2n) is 12.9. The average Bonchev–Trinajstić information content (AvgIpc) is 3.26. The van der Waals surface area contributed by atoms with Gasteiger partial charge in [0.15, 0.2) is 17.2 Å². The highest BCUT2D eigenvalue weighted by atomic mass is 16.3. The molecule has 0 aromatic heterocycles. The number of likely N-dealkylation sites (tertiary alicyclic amines) is 1. The summed E-state index contributed by atoms with van der Waals surface area (Å²) < 4.78 is 0. The number of benzene rings is 1. The minimum atomic E-state index is -2.58. The SMILES string of the molecule is CC(=O)C1=C(O)[C@@H](N(C)C)[C@@H]2C[C@@H]3Cc4c(N(C)C)cc(CN5CC6C(N)C6C5)c(O)c4C(=O)C3=C(O)[C@]2(O)C1=O. The molecule has 1 saturated heterocycles. The molecule has 1 saturated carbocycles. The third-order valence-electron chi connectivity index (χ3n) is 10.1. The second-order valence-corrected chi connectivity index (χ2v) is 12.9. The molecule has 0 bridgehead atoms. The number of hydrogen-bond donors (Lipinski definition) is 5. The molecule has 220 valence electrons. The van der Waals surface area contributed by atoms with E-state index >= 15 is 0 Å². The molecule has 41 heavy (non-hydrogen) atoms. The lowest BCUT2D eigenvalue weighted by atomic mass is 9.58. The fourth-order valence-corrected chi connectivity index (χ4v) is 8.00. The summed E-state index contributed by atoms with van der Waals surface area (Å²) in [6, 6.07) is 1.19. The normalized spacial score (nSPS) is 34.4. The Hall–Kier alpha value is -3.25. The molecule has 1 aromatic rings. The Morgan fingerprint density at radius 3 is 2.32 bits per heavy atom. The van der Waals surface area contributed by atoms with Gasteiger partial charge in [0.05, 0.1) is 11.6 Å². The monoisotopic (exact) mass is 566 g/mol. The molecule has 1 heterocycles. The van der Waals surface area contributed by atoms with Gasteiger partial charge in [-0.05, 0) is 63.2 Å². The third-order valence-corrected chi connectivity index (χ3v) is 10.1. The van der Waals surface area contributed by atoms with Crippen molar-refractivity contribution in [1.29, 1.82) is 0 Å². The van der Waals surface area contributed by atoms with Crippen LogP contribution in [0.5, 0.6) is 5.75 Å². The van der Waals surface area contributed by atoms with E-state index in [4.69, 9.17) is 5.73 Å². The molecule has 2 unspecified atom stereocenters. The Morgan fingerprint density at radius 1 is 1.12 bits per heavy atom. The molecular weight excluding hydrogens is 528 g/mol. The van der Waals surface area contributed by atoms with Crippen molar-refractivity contribution in [1.82, 2.24) is 9.80 Å². The van der Waals surface area contributed by atoms with Crippen LogP contribution < -0.4 is 10.6 Å². The van der Waals surface area contributed by atoms with Gasteiger partial charge >= 0.3 is 0 Å². The molecule has 5 aliphatic rings. The maximum atomic E-state index is 14.2. The average molecular weight is 567 g/mol. The van der Waals surface area contributed by atoms with Crippen LogP contribution in [0.15, 0.2) is 28.7 Å². The zero-order valence-corrected chi connectivity index (χ0v) is 24.0. The minimum absolute atomic E-state index is 0.0599. The molecular formula is C30H38N4O7. The molecule has 6 rings (SSSR count). The Kier molecular flexibility index (Phi) is 6.21. The van der Waals surface area contributed by atoms with Crippen LogP contribution in [0.2, 0.25) is 0 Å². The highest BCUT2D eigenvalue weighted by Gasteiger charge is 2.63. The topological polar surface area (TPSA) is 168 Å². The van der Waals surface area contributed by atoms with Gasteiger partial charge in [-0.25, -0.2) is 0 Å². The third kappa shape index (κ3) is 3.75. The highest BCUT2D eigenvalue weighted by Crippen LogP contribution is 2.54. The fourth-order valence-electron chi connectivity index (χ4n) is 8.00. The maximum absolute atomic E-state index is 14.2. The molecule has 11 heteroatoms. The van der Waals surface area contributed by atoms with Crippen LogP contribution in [-0.4, -0.2) is 107 Å². The number of rotatable bonds is 5. The van der Waals surface area contributed by atoms with Crippen LogP contribution in [0.1, 0.15) is 34.8 Å². The van der Waals surface area contributed by atoms with Crippen molar-refractivity contribution in [2.24, 2.45) is 29.4 Å². The number of phenolic OH excluding ortho intramolecular Hbond substituents is 1. The van der Waals surface area contributed by atoms with E-state index in [1.54, 1.807) is 19.0 Å². The van der Waals surface area contributed by atoms with E-state index in [9.17, 15) is 34.8 Å². The van der Waals surface area contributed by atoms with Gasteiger partial charge < -0.3 is 31.1 Å². The first-order valence-corrected chi connectivity index (χ1v) is 14.1. The number of aliphatic hydroxyl groups excluding tert-OH is 2. The molecule has 0 amide bonds. The van der Waals surface area contributed by atoms with Gasteiger partial charge in [0.25, 0.3) is 0 Å². The first-order valence-electron chi connectivity index (χ1n) is 14.1. The predicted molar refractivity (Wildman–Crippen MR) is 150 cm³/mol. The summed E-state index contributed by atoms with van der Waals surface area (Å²) in [6.45, 7) is 3.19. The van der Waals surface area contributed by atoms with Gasteiger partial charge in [-0.2, -0.15) is 0 Å². The number of hydrogen-bond acceptors (Lipinski definition) is 11. The summed E-state index contributed by atoms with van der Waals surface area (Å²) in [6.07, 6.45) is 0.368. The number of piperidine rings is 1. The minimum Gasteiger partial charge on any atom is -0.510 e. The van der Waals surface area contributed by atoms with Gasteiger partial charge in [-0.15, -0.1) is 0 Å². The first kappa shape index (κ1) is 27.9. The smallest absolute Gasteiger partial charge is 0.209 e. The molecule has 0 spiro atoms. The number of fused-ring (bicyclic) bond motifs is 4. The number of anilines is 1.